The first-order chi connectivity index (χ1) is 11.0. The number of nitro groups is 1. The molecule has 0 aromatic heterocycles. The lowest BCUT2D eigenvalue weighted by Crippen LogP contribution is -2.52. The van der Waals surface area contributed by atoms with E-state index in [0.717, 1.165) is 6.42 Å². The standard InChI is InChI=1S/C15H20ClN3O4/c1-2-12(10-20)17-5-7-18(8-6-17)15(21)11-3-4-14(19(22)23)13(16)9-11/h3-4,9,12,20H,2,5-8,10H2,1H3/t12-/m0/s1. The Hall–Kier alpha value is -1.70. The molecule has 0 bridgehead atoms. The van der Waals surface area contributed by atoms with Crippen LogP contribution in [0.2, 0.25) is 5.02 Å². The van der Waals surface area contributed by atoms with Crippen molar-refractivity contribution in [2.24, 2.45) is 0 Å². The van der Waals surface area contributed by atoms with Gasteiger partial charge in [-0.1, -0.05) is 18.5 Å². The van der Waals surface area contributed by atoms with Gasteiger partial charge in [0, 0.05) is 43.9 Å². The van der Waals surface area contributed by atoms with E-state index >= 15 is 0 Å². The molecule has 1 aromatic rings. The van der Waals surface area contributed by atoms with Crippen LogP contribution in [-0.4, -0.2) is 64.6 Å². The molecular formula is C15H20ClN3O4. The minimum absolute atomic E-state index is 0.0363. The Bertz CT molecular complexity index is 584. The van der Waals surface area contributed by atoms with Gasteiger partial charge in [-0.15, -0.1) is 0 Å². The lowest BCUT2D eigenvalue weighted by molar-refractivity contribution is -0.384. The van der Waals surface area contributed by atoms with E-state index in [1.54, 1.807) is 4.90 Å². The number of carbonyl (C=O) groups excluding carboxylic acids is 1. The first-order valence-corrected chi connectivity index (χ1v) is 7.93. The highest BCUT2D eigenvalue weighted by Gasteiger charge is 2.26. The highest BCUT2D eigenvalue weighted by molar-refractivity contribution is 6.33. The molecule has 1 N–H and O–H groups in total. The fourth-order valence-corrected chi connectivity index (χ4v) is 3.01. The average Bonchev–Trinajstić information content (AvgIpc) is 2.55. The maximum Gasteiger partial charge on any atom is 0.287 e. The van der Waals surface area contributed by atoms with Crippen LogP contribution in [0.1, 0.15) is 23.7 Å². The molecule has 0 unspecified atom stereocenters. The maximum absolute atomic E-state index is 12.5. The summed E-state index contributed by atoms with van der Waals surface area (Å²) in [4.78, 5) is 26.5. The van der Waals surface area contributed by atoms with Gasteiger partial charge in [0.25, 0.3) is 11.6 Å². The molecule has 8 heteroatoms. The second kappa shape index (κ2) is 7.72. The van der Waals surface area contributed by atoms with Crippen LogP contribution in [0.5, 0.6) is 0 Å². The molecule has 7 nitrogen and oxygen atoms in total. The van der Waals surface area contributed by atoms with Crippen LogP contribution in [0.25, 0.3) is 0 Å². The number of piperazine rings is 1. The predicted molar refractivity (Wildman–Crippen MR) is 86.7 cm³/mol. The molecule has 1 aromatic carbocycles. The number of aliphatic hydroxyl groups excluding tert-OH is 1. The van der Waals surface area contributed by atoms with Gasteiger partial charge in [0.15, 0.2) is 0 Å². The third kappa shape index (κ3) is 3.99. The zero-order valence-corrected chi connectivity index (χ0v) is 13.7. The van der Waals surface area contributed by atoms with Crippen LogP contribution in [-0.2, 0) is 0 Å². The molecule has 0 radical (unpaired) electrons. The average molecular weight is 342 g/mol. The summed E-state index contributed by atoms with van der Waals surface area (Å²) in [6.45, 7) is 4.66. The SMILES string of the molecule is CC[C@@H](CO)N1CCN(C(=O)c2ccc([N+](=O)[O-])c(Cl)c2)CC1. The summed E-state index contributed by atoms with van der Waals surface area (Å²) in [5.74, 6) is -0.182. The van der Waals surface area contributed by atoms with Crippen molar-refractivity contribution in [2.45, 2.75) is 19.4 Å². The summed E-state index contributed by atoms with van der Waals surface area (Å²) in [5.41, 5.74) is 0.144. The molecule has 1 saturated heterocycles. The Labute approximate surface area is 139 Å². The van der Waals surface area contributed by atoms with Crippen LogP contribution in [0.3, 0.4) is 0 Å². The number of nitrogens with zero attached hydrogens (tertiary/aromatic N) is 3. The normalized spacial score (nSPS) is 17.1. The topological polar surface area (TPSA) is 86.9 Å². The van der Waals surface area contributed by atoms with Gasteiger partial charge in [0.1, 0.15) is 5.02 Å². The molecule has 1 atom stereocenters. The number of carbonyl (C=O) groups is 1. The van der Waals surface area contributed by atoms with E-state index in [9.17, 15) is 20.0 Å². The highest BCUT2D eigenvalue weighted by atomic mass is 35.5. The molecule has 1 heterocycles. The summed E-state index contributed by atoms with van der Waals surface area (Å²) in [6, 6.07) is 4.16. The van der Waals surface area contributed by atoms with Crippen molar-refractivity contribution in [2.75, 3.05) is 32.8 Å². The van der Waals surface area contributed by atoms with Gasteiger partial charge in [-0.3, -0.25) is 19.8 Å². The molecule has 1 amide bonds. The Balaban J connectivity index is 2.02. The van der Waals surface area contributed by atoms with Crippen molar-refractivity contribution in [3.8, 4) is 0 Å². The molecule has 1 aliphatic rings. The van der Waals surface area contributed by atoms with E-state index in [2.05, 4.69) is 4.90 Å². The van der Waals surface area contributed by atoms with E-state index in [4.69, 9.17) is 11.6 Å². The number of benzene rings is 1. The number of hydrogen-bond donors (Lipinski definition) is 1. The lowest BCUT2D eigenvalue weighted by atomic mass is 10.1. The summed E-state index contributed by atoms with van der Waals surface area (Å²) >= 11 is 5.86. The fraction of sp³-hybridized carbons (Fsp3) is 0.533. The van der Waals surface area contributed by atoms with Crippen LogP contribution < -0.4 is 0 Å². The zero-order chi connectivity index (χ0) is 17.0. The molecule has 23 heavy (non-hydrogen) atoms. The number of nitro benzene ring substituents is 1. The third-order valence-corrected chi connectivity index (χ3v) is 4.49. The molecule has 1 fully saturated rings. The van der Waals surface area contributed by atoms with Gasteiger partial charge in [0.2, 0.25) is 0 Å². The predicted octanol–water partition coefficient (Wildman–Crippen LogP) is 1.78. The monoisotopic (exact) mass is 341 g/mol. The maximum atomic E-state index is 12.5. The van der Waals surface area contributed by atoms with Crippen molar-refractivity contribution in [3.63, 3.8) is 0 Å². The molecule has 0 saturated carbocycles. The third-order valence-electron chi connectivity index (χ3n) is 4.19. The second-order valence-corrected chi connectivity index (χ2v) is 5.90. The number of rotatable bonds is 5. The van der Waals surface area contributed by atoms with Crippen molar-refractivity contribution in [1.29, 1.82) is 0 Å². The summed E-state index contributed by atoms with van der Waals surface area (Å²) in [5, 5.41) is 20.1. The molecule has 0 spiro atoms. The van der Waals surface area contributed by atoms with Gasteiger partial charge < -0.3 is 10.0 Å². The number of hydrogen-bond acceptors (Lipinski definition) is 5. The van der Waals surface area contributed by atoms with E-state index in [-0.39, 0.29) is 29.3 Å². The molecule has 2 rings (SSSR count). The first-order valence-electron chi connectivity index (χ1n) is 7.56. The minimum atomic E-state index is -0.574. The molecular weight excluding hydrogens is 322 g/mol. The molecule has 126 valence electrons. The van der Waals surface area contributed by atoms with Crippen LogP contribution in [0.4, 0.5) is 5.69 Å². The van der Waals surface area contributed by atoms with Gasteiger partial charge in [-0.2, -0.15) is 0 Å². The van der Waals surface area contributed by atoms with Crippen molar-refractivity contribution < 1.29 is 14.8 Å². The number of aliphatic hydroxyl groups is 1. The quantitative estimate of drug-likeness (QED) is 0.651. The highest BCUT2D eigenvalue weighted by Crippen LogP contribution is 2.25. The Morgan fingerprint density at radius 1 is 1.39 bits per heavy atom. The Morgan fingerprint density at radius 3 is 2.52 bits per heavy atom. The lowest BCUT2D eigenvalue weighted by Gasteiger charge is -2.38. The van der Waals surface area contributed by atoms with E-state index in [1.165, 1.54) is 18.2 Å². The van der Waals surface area contributed by atoms with Gasteiger partial charge >= 0.3 is 0 Å². The first kappa shape index (κ1) is 17.7. The number of halogens is 1. The Kier molecular flexibility index (Phi) is 5.92. The smallest absolute Gasteiger partial charge is 0.287 e. The van der Waals surface area contributed by atoms with Crippen molar-refractivity contribution >= 4 is 23.2 Å². The number of amides is 1. The summed E-state index contributed by atoms with van der Waals surface area (Å²) < 4.78 is 0. The van der Waals surface area contributed by atoms with Gasteiger partial charge in [0.05, 0.1) is 11.5 Å². The van der Waals surface area contributed by atoms with E-state index in [1.807, 2.05) is 6.92 Å². The van der Waals surface area contributed by atoms with E-state index in [0.29, 0.717) is 31.7 Å². The van der Waals surface area contributed by atoms with Crippen LogP contribution in [0, 0.1) is 10.1 Å². The van der Waals surface area contributed by atoms with Crippen LogP contribution >= 0.6 is 11.6 Å². The summed E-state index contributed by atoms with van der Waals surface area (Å²) in [6.07, 6.45) is 0.863. The van der Waals surface area contributed by atoms with E-state index < -0.39 is 4.92 Å². The summed E-state index contributed by atoms with van der Waals surface area (Å²) in [7, 11) is 0. The fourth-order valence-electron chi connectivity index (χ4n) is 2.76. The largest absolute Gasteiger partial charge is 0.395 e. The van der Waals surface area contributed by atoms with Gasteiger partial charge in [-0.05, 0) is 18.6 Å². The Morgan fingerprint density at radius 2 is 2.04 bits per heavy atom. The van der Waals surface area contributed by atoms with Gasteiger partial charge in [-0.25, -0.2) is 0 Å². The molecule has 0 aliphatic carbocycles. The minimum Gasteiger partial charge on any atom is -0.395 e. The van der Waals surface area contributed by atoms with Crippen molar-refractivity contribution in [3.05, 3.63) is 38.9 Å². The second-order valence-electron chi connectivity index (χ2n) is 5.50. The van der Waals surface area contributed by atoms with Crippen LogP contribution in [0.15, 0.2) is 18.2 Å². The molecule has 1 aliphatic heterocycles. The van der Waals surface area contributed by atoms with Crippen molar-refractivity contribution in [1.82, 2.24) is 9.80 Å². The zero-order valence-electron chi connectivity index (χ0n) is 12.9.